The first-order chi connectivity index (χ1) is 8.72. The molecule has 0 bridgehead atoms. The Morgan fingerprint density at radius 3 is 2.83 bits per heavy atom. The number of rotatable bonds is 6. The number of carbonyl (C=O) groups excluding carboxylic acids is 1. The van der Waals surface area contributed by atoms with Gasteiger partial charge in [-0.05, 0) is 25.7 Å². The van der Waals surface area contributed by atoms with Gasteiger partial charge in [-0.1, -0.05) is 19.0 Å². The summed E-state index contributed by atoms with van der Waals surface area (Å²) in [4.78, 5) is 11.4. The van der Waals surface area contributed by atoms with Crippen molar-refractivity contribution in [3.05, 3.63) is 17.5 Å². The fourth-order valence-electron chi connectivity index (χ4n) is 1.94. The van der Waals surface area contributed by atoms with Gasteiger partial charge in [0.15, 0.2) is 5.76 Å². The summed E-state index contributed by atoms with van der Waals surface area (Å²) in [5.41, 5.74) is 0.986. The monoisotopic (exact) mass is 251 g/mol. The third-order valence-corrected chi connectivity index (χ3v) is 3.32. The first-order valence-electron chi connectivity index (χ1n) is 6.72. The number of urea groups is 1. The molecule has 0 aromatic carbocycles. The molecular formula is C13H21N3O2. The lowest BCUT2D eigenvalue weighted by molar-refractivity contribution is 0.238. The molecular weight excluding hydrogens is 230 g/mol. The van der Waals surface area contributed by atoms with E-state index in [4.69, 9.17) is 4.52 Å². The van der Waals surface area contributed by atoms with Crippen molar-refractivity contribution in [1.29, 1.82) is 0 Å². The number of hydrogen-bond donors (Lipinski definition) is 2. The molecule has 2 amide bonds. The Morgan fingerprint density at radius 1 is 1.50 bits per heavy atom. The van der Waals surface area contributed by atoms with Crippen molar-refractivity contribution in [3.8, 4) is 0 Å². The molecule has 1 heterocycles. The van der Waals surface area contributed by atoms with Gasteiger partial charge in [-0.15, -0.1) is 0 Å². The van der Waals surface area contributed by atoms with Gasteiger partial charge in [0.25, 0.3) is 0 Å². The van der Waals surface area contributed by atoms with Gasteiger partial charge in [0.05, 0.1) is 12.2 Å². The number of nitrogens with one attached hydrogen (secondary N) is 2. The Morgan fingerprint density at radius 2 is 2.22 bits per heavy atom. The van der Waals surface area contributed by atoms with Crippen LogP contribution in [-0.4, -0.2) is 17.2 Å². The summed E-state index contributed by atoms with van der Waals surface area (Å²) in [6.07, 6.45) is 4.29. The summed E-state index contributed by atoms with van der Waals surface area (Å²) in [7, 11) is 0. The molecule has 100 valence electrons. The zero-order valence-corrected chi connectivity index (χ0v) is 11.0. The van der Waals surface area contributed by atoms with Crippen molar-refractivity contribution in [1.82, 2.24) is 15.8 Å². The van der Waals surface area contributed by atoms with Crippen molar-refractivity contribution in [2.75, 3.05) is 0 Å². The van der Waals surface area contributed by atoms with Crippen LogP contribution in [0.3, 0.4) is 0 Å². The lowest BCUT2D eigenvalue weighted by Gasteiger charge is -2.06. The normalized spacial score (nSPS) is 14.8. The molecule has 0 spiro atoms. The molecule has 1 fully saturated rings. The maximum absolute atomic E-state index is 11.4. The predicted octanol–water partition coefficient (Wildman–Crippen LogP) is 2.54. The molecule has 0 aliphatic heterocycles. The largest absolute Gasteiger partial charge is 0.359 e. The van der Waals surface area contributed by atoms with Crippen LogP contribution >= 0.6 is 0 Å². The van der Waals surface area contributed by atoms with Crippen molar-refractivity contribution in [2.24, 2.45) is 0 Å². The molecule has 5 heteroatoms. The van der Waals surface area contributed by atoms with Crippen molar-refractivity contribution >= 4 is 6.03 Å². The molecule has 2 N–H and O–H groups in total. The first kappa shape index (κ1) is 12.9. The fourth-order valence-corrected chi connectivity index (χ4v) is 1.94. The van der Waals surface area contributed by atoms with E-state index in [9.17, 15) is 4.79 Å². The van der Waals surface area contributed by atoms with E-state index in [1.54, 1.807) is 0 Å². The summed E-state index contributed by atoms with van der Waals surface area (Å²) in [6.45, 7) is 4.68. The van der Waals surface area contributed by atoms with E-state index in [2.05, 4.69) is 29.6 Å². The highest BCUT2D eigenvalue weighted by atomic mass is 16.5. The van der Waals surface area contributed by atoms with Gasteiger partial charge in [0, 0.05) is 18.0 Å². The van der Waals surface area contributed by atoms with Crippen LogP contribution in [0.2, 0.25) is 0 Å². The van der Waals surface area contributed by atoms with Crippen LogP contribution in [0.4, 0.5) is 4.79 Å². The molecule has 1 aliphatic rings. The second-order valence-corrected chi connectivity index (χ2v) is 4.83. The second kappa shape index (κ2) is 5.89. The van der Waals surface area contributed by atoms with Crippen LogP contribution < -0.4 is 10.6 Å². The van der Waals surface area contributed by atoms with E-state index in [1.807, 2.05) is 6.07 Å². The summed E-state index contributed by atoms with van der Waals surface area (Å²) < 4.78 is 5.23. The van der Waals surface area contributed by atoms with Crippen LogP contribution in [0.5, 0.6) is 0 Å². The number of aromatic nitrogens is 1. The number of nitrogens with zero attached hydrogens (tertiary/aromatic N) is 1. The molecule has 0 saturated heterocycles. The lowest BCUT2D eigenvalue weighted by atomic mass is 9.99. The molecule has 18 heavy (non-hydrogen) atoms. The van der Waals surface area contributed by atoms with Gasteiger partial charge in [-0.3, -0.25) is 0 Å². The highest BCUT2D eigenvalue weighted by molar-refractivity contribution is 5.74. The Labute approximate surface area is 107 Å². The van der Waals surface area contributed by atoms with Gasteiger partial charge >= 0.3 is 6.03 Å². The number of carbonyl (C=O) groups is 1. The number of amides is 2. The molecule has 0 radical (unpaired) electrons. The van der Waals surface area contributed by atoms with E-state index in [0.717, 1.165) is 31.4 Å². The minimum atomic E-state index is -0.127. The zero-order valence-electron chi connectivity index (χ0n) is 11.0. The summed E-state index contributed by atoms with van der Waals surface area (Å²) >= 11 is 0. The van der Waals surface area contributed by atoms with Crippen LogP contribution in [0.25, 0.3) is 0 Å². The molecule has 0 unspecified atom stereocenters. The topological polar surface area (TPSA) is 67.2 Å². The first-order valence-corrected chi connectivity index (χ1v) is 6.72. The van der Waals surface area contributed by atoms with Crippen molar-refractivity contribution < 1.29 is 9.32 Å². The molecule has 1 aromatic heterocycles. The Bertz CT molecular complexity index is 395. The highest BCUT2D eigenvalue weighted by Crippen LogP contribution is 2.22. The predicted molar refractivity (Wildman–Crippen MR) is 68.2 cm³/mol. The third-order valence-electron chi connectivity index (χ3n) is 3.32. The molecule has 1 aromatic rings. The van der Waals surface area contributed by atoms with Crippen molar-refractivity contribution in [2.45, 2.75) is 58.0 Å². The van der Waals surface area contributed by atoms with Gasteiger partial charge in [-0.2, -0.15) is 0 Å². The molecule has 1 saturated carbocycles. The molecule has 1 aliphatic carbocycles. The van der Waals surface area contributed by atoms with Crippen molar-refractivity contribution in [3.63, 3.8) is 0 Å². The van der Waals surface area contributed by atoms with E-state index in [1.165, 1.54) is 0 Å². The minimum absolute atomic E-state index is 0.127. The Balaban J connectivity index is 1.80. The molecule has 0 atom stereocenters. The minimum Gasteiger partial charge on any atom is -0.359 e. The second-order valence-electron chi connectivity index (χ2n) is 4.83. The fraction of sp³-hybridized carbons (Fsp3) is 0.692. The number of hydrogen-bond acceptors (Lipinski definition) is 3. The van der Waals surface area contributed by atoms with Gasteiger partial charge < -0.3 is 15.2 Å². The van der Waals surface area contributed by atoms with Crippen LogP contribution in [0, 0.1) is 0 Å². The molecule has 2 rings (SSSR count). The lowest BCUT2D eigenvalue weighted by Crippen LogP contribution is -2.36. The quantitative estimate of drug-likeness (QED) is 0.816. The van der Waals surface area contributed by atoms with Crippen LogP contribution in [-0.2, 0) is 6.54 Å². The standard InChI is InChI=1S/C13H21N3O2/c1-3-9(4-2)12-7-11(18-16-12)8-14-13(17)15-10-5-6-10/h7,9-10H,3-6,8H2,1-2H3,(H2,14,15,17). The SMILES string of the molecule is CCC(CC)c1cc(CNC(=O)NC2CC2)on1. The van der Waals surface area contributed by atoms with Crippen LogP contribution in [0.1, 0.15) is 56.9 Å². The van der Waals surface area contributed by atoms with Gasteiger partial charge in [-0.25, -0.2) is 4.79 Å². The van der Waals surface area contributed by atoms with E-state index < -0.39 is 0 Å². The summed E-state index contributed by atoms with van der Waals surface area (Å²) in [6, 6.07) is 2.19. The third kappa shape index (κ3) is 3.48. The van der Waals surface area contributed by atoms with E-state index in [0.29, 0.717) is 24.3 Å². The molecule has 5 nitrogen and oxygen atoms in total. The summed E-state index contributed by atoms with van der Waals surface area (Å²) in [5, 5.41) is 9.70. The van der Waals surface area contributed by atoms with Gasteiger partial charge in [0.1, 0.15) is 0 Å². The smallest absolute Gasteiger partial charge is 0.315 e. The Hall–Kier alpha value is -1.52. The average Bonchev–Trinajstić information content (AvgIpc) is 3.05. The summed E-state index contributed by atoms with van der Waals surface area (Å²) in [5.74, 6) is 1.16. The average molecular weight is 251 g/mol. The van der Waals surface area contributed by atoms with E-state index >= 15 is 0 Å². The maximum atomic E-state index is 11.4. The zero-order chi connectivity index (χ0) is 13.0. The van der Waals surface area contributed by atoms with Crippen LogP contribution in [0.15, 0.2) is 10.6 Å². The maximum Gasteiger partial charge on any atom is 0.315 e. The highest BCUT2D eigenvalue weighted by Gasteiger charge is 2.23. The van der Waals surface area contributed by atoms with Gasteiger partial charge in [0.2, 0.25) is 0 Å². The Kier molecular flexibility index (Phi) is 4.23. The van der Waals surface area contributed by atoms with E-state index in [-0.39, 0.29) is 6.03 Å².